The lowest BCUT2D eigenvalue weighted by Gasteiger charge is -2.24. The molecule has 1 aliphatic rings. The fourth-order valence-corrected chi connectivity index (χ4v) is 3.88. The number of nitro groups is 1. The number of esters is 2. The average Bonchev–Trinajstić information content (AvgIpc) is 3.15. The van der Waals surface area contributed by atoms with Crippen LogP contribution in [0.3, 0.4) is 0 Å². The Morgan fingerprint density at radius 2 is 1.46 bits per heavy atom. The van der Waals surface area contributed by atoms with E-state index in [-0.39, 0.29) is 42.0 Å². The number of hydrogen-bond acceptors (Lipinski definition) is 10. The van der Waals surface area contributed by atoms with Gasteiger partial charge in [-0.1, -0.05) is 24.3 Å². The fraction of sp³-hybridized carbons (Fsp3) is 0.320. The lowest BCUT2D eigenvalue weighted by atomic mass is 9.99. The Morgan fingerprint density at radius 1 is 0.892 bits per heavy atom. The molecule has 194 valence electrons. The van der Waals surface area contributed by atoms with Crippen LogP contribution in [0.1, 0.15) is 32.7 Å². The minimum Gasteiger partial charge on any atom is -0.469 e. The van der Waals surface area contributed by atoms with Crippen LogP contribution in [0, 0.1) is 16.0 Å². The topological polar surface area (TPSA) is 159 Å². The molecule has 0 N–H and O–H groups in total. The molecule has 0 saturated heterocycles. The van der Waals surface area contributed by atoms with Crippen molar-refractivity contribution in [1.29, 1.82) is 0 Å². The summed E-state index contributed by atoms with van der Waals surface area (Å²) in [6, 6.07) is 10.1. The molecule has 0 radical (unpaired) electrons. The number of non-ortho nitro benzene ring substituents is 1. The standard InChI is InChI=1S/C25H24N2O10/c1-35-24(31)16(12-18(28)11-15-7-9-17(10-8-15)27(33)34)13-37-14-21(25(32)36-2)26-22(29)19-5-3-4-6-20(19)23(26)30/h3-10,16,21H,11-14H2,1-2H3/t16-,21+/m0/s1. The SMILES string of the molecule is COC(=O)[C@H](COC[C@H](C(=O)OC)N1C(=O)c2ccccc2C1=O)CC(=O)Cc1ccc([N+](=O)[O-])cc1. The lowest BCUT2D eigenvalue weighted by Crippen LogP contribution is -2.48. The number of ether oxygens (including phenoxy) is 3. The number of fused-ring (bicyclic) bond motifs is 1. The van der Waals surface area contributed by atoms with Gasteiger partial charge in [0.1, 0.15) is 5.78 Å². The minimum absolute atomic E-state index is 0.0781. The average molecular weight is 512 g/mol. The predicted octanol–water partition coefficient (Wildman–Crippen LogP) is 1.74. The van der Waals surface area contributed by atoms with Crippen molar-refractivity contribution in [3.8, 4) is 0 Å². The summed E-state index contributed by atoms with van der Waals surface area (Å²) in [5, 5.41) is 10.8. The molecule has 0 aliphatic carbocycles. The molecule has 2 atom stereocenters. The molecule has 12 nitrogen and oxygen atoms in total. The van der Waals surface area contributed by atoms with Gasteiger partial charge in [0, 0.05) is 25.0 Å². The highest BCUT2D eigenvalue weighted by atomic mass is 16.6. The Balaban J connectivity index is 1.65. The molecule has 0 aromatic heterocycles. The first kappa shape index (κ1) is 27.1. The van der Waals surface area contributed by atoms with Crippen molar-refractivity contribution in [2.75, 3.05) is 27.4 Å². The summed E-state index contributed by atoms with van der Waals surface area (Å²) < 4.78 is 15.0. The molecule has 2 amide bonds. The van der Waals surface area contributed by atoms with Gasteiger partial charge in [-0.3, -0.25) is 34.2 Å². The number of imide groups is 1. The molecule has 3 rings (SSSR count). The first-order chi connectivity index (χ1) is 17.7. The van der Waals surface area contributed by atoms with E-state index in [4.69, 9.17) is 14.2 Å². The zero-order chi connectivity index (χ0) is 27.1. The first-order valence-corrected chi connectivity index (χ1v) is 11.1. The molecule has 2 aromatic rings. The van der Waals surface area contributed by atoms with Crippen LogP contribution in [0.5, 0.6) is 0 Å². The largest absolute Gasteiger partial charge is 0.469 e. The van der Waals surface area contributed by atoms with E-state index in [2.05, 4.69) is 0 Å². The fourth-order valence-electron chi connectivity index (χ4n) is 3.88. The highest BCUT2D eigenvalue weighted by Crippen LogP contribution is 2.25. The zero-order valence-corrected chi connectivity index (χ0v) is 20.1. The Hall–Kier alpha value is -4.45. The molecule has 12 heteroatoms. The van der Waals surface area contributed by atoms with Crippen LogP contribution < -0.4 is 0 Å². The number of carbonyl (C=O) groups excluding carboxylic acids is 5. The van der Waals surface area contributed by atoms with Gasteiger partial charge in [0.15, 0.2) is 6.04 Å². The Kier molecular flexibility index (Phi) is 8.80. The van der Waals surface area contributed by atoms with E-state index in [1.807, 2.05) is 0 Å². The highest BCUT2D eigenvalue weighted by Gasteiger charge is 2.43. The van der Waals surface area contributed by atoms with Gasteiger partial charge >= 0.3 is 11.9 Å². The second kappa shape index (κ2) is 12.0. The third-order valence-electron chi connectivity index (χ3n) is 5.76. The van der Waals surface area contributed by atoms with E-state index in [0.717, 1.165) is 19.1 Å². The molecular weight excluding hydrogens is 488 g/mol. The van der Waals surface area contributed by atoms with Gasteiger partial charge in [-0.2, -0.15) is 0 Å². The lowest BCUT2D eigenvalue weighted by molar-refractivity contribution is -0.384. The van der Waals surface area contributed by atoms with Crippen LogP contribution in [0.25, 0.3) is 0 Å². The summed E-state index contributed by atoms with van der Waals surface area (Å²) in [6.07, 6.45) is -0.342. The number of nitrogens with zero attached hydrogens (tertiary/aromatic N) is 2. The van der Waals surface area contributed by atoms with Crippen molar-refractivity contribution in [3.05, 3.63) is 75.3 Å². The number of hydrogen-bond donors (Lipinski definition) is 0. The van der Waals surface area contributed by atoms with E-state index in [1.54, 1.807) is 12.1 Å². The molecular formula is C25H24N2O10. The molecule has 0 spiro atoms. The molecule has 1 aliphatic heterocycles. The number of ketones is 1. The van der Waals surface area contributed by atoms with Crippen molar-refractivity contribution in [2.45, 2.75) is 18.9 Å². The highest BCUT2D eigenvalue weighted by molar-refractivity contribution is 6.22. The van der Waals surface area contributed by atoms with E-state index >= 15 is 0 Å². The number of methoxy groups -OCH3 is 2. The van der Waals surface area contributed by atoms with Crippen molar-refractivity contribution >= 4 is 35.2 Å². The molecule has 1 heterocycles. The third kappa shape index (κ3) is 6.22. The second-order valence-corrected chi connectivity index (χ2v) is 8.17. The Bertz CT molecular complexity index is 1190. The van der Waals surface area contributed by atoms with Gasteiger partial charge in [-0.25, -0.2) is 4.79 Å². The molecule has 0 fully saturated rings. The number of carbonyl (C=O) groups is 5. The molecule has 0 unspecified atom stereocenters. The van der Waals surface area contributed by atoms with E-state index in [9.17, 15) is 34.1 Å². The van der Waals surface area contributed by atoms with E-state index < -0.39 is 47.2 Å². The van der Waals surface area contributed by atoms with E-state index in [0.29, 0.717) is 5.56 Å². The monoisotopic (exact) mass is 512 g/mol. The maximum Gasteiger partial charge on any atom is 0.331 e. The van der Waals surface area contributed by atoms with Crippen molar-refractivity contribution in [3.63, 3.8) is 0 Å². The second-order valence-electron chi connectivity index (χ2n) is 8.17. The van der Waals surface area contributed by atoms with Crippen molar-refractivity contribution in [1.82, 2.24) is 4.90 Å². The van der Waals surface area contributed by atoms with Crippen LogP contribution in [0.15, 0.2) is 48.5 Å². The van der Waals surface area contributed by atoms with Crippen LogP contribution >= 0.6 is 0 Å². The molecule has 0 saturated carbocycles. The maximum atomic E-state index is 12.8. The number of rotatable bonds is 12. The van der Waals surface area contributed by atoms with Crippen LogP contribution in [0.2, 0.25) is 0 Å². The summed E-state index contributed by atoms with van der Waals surface area (Å²) in [6.45, 7) is -0.808. The van der Waals surface area contributed by atoms with E-state index in [1.165, 1.54) is 36.4 Å². The maximum absolute atomic E-state index is 12.8. The van der Waals surface area contributed by atoms with Gasteiger partial charge < -0.3 is 14.2 Å². The van der Waals surface area contributed by atoms with Gasteiger partial charge in [-0.05, 0) is 17.7 Å². The molecule has 37 heavy (non-hydrogen) atoms. The van der Waals surface area contributed by atoms with Crippen molar-refractivity contribution in [2.24, 2.45) is 5.92 Å². The Morgan fingerprint density at radius 3 is 1.97 bits per heavy atom. The third-order valence-corrected chi connectivity index (χ3v) is 5.76. The first-order valence-electron chi connectivity index (χ1n) is 11.1. The summed E-state index contributed by atoms with van der Waals surface area (Å²) in [5.74, 6) is -4.36. The minimum atomic E-state index is -1.41. The summed E-state index contributed by atoms with van der Waals surface area (Å²) in [5.41, 5.74) is 0.697. The summed E-state index contributed by atoms with van der Waals surface area (Å²) >= 11 is 0. The molecule has 2 aromatic carbocycles. The quantitative estimate of drug-likeness (QED) is 0.177. The van der Waals surface area contributed by atoms with Crippen LogP contribution in [0.4, 0.5) is 5.69 Å². The van der Waals surface area contributed by atoms with Crippen LogP contribution in [-0.2, 0) is 35.0 Å². The number of nitro benzene ring substituents is 1. The summed E-state index contributed by atoms with van der Waals surface area (Å²) in [4.78, 5) is 73.8. The number of benzene rings is 2. The van der Waals surface area contributed by atoms with Crippen LogP contribution in [-0.4, -0.2) is 72.8 Å². The zero-order valence-electron chi connectivity index (χ0n) is 20.1. The predicted molar refractivity (Wildman–Crippen MR) is 125 cm³/mol. The smallest absolute Gasteiger partial charge is 0.331 e. The normalized spacial score (nSPS) is 14.1. The molecule has 0 bridgehead atoms. The van der Waals surface area contributed by atoms with Gasteiger partial charge in [0.25, 0.3) is 17.5 Å². The van der Waals surface area contributed by atoms with Gasteiger partial charge in [0.05, 0.1) is 49.4 Å². The van der Waals surface area contributed by atoms with Gasteiger partial charge in [-0.15, -0.1) is 0 Å². The number of Topliss-reactive ketones (excluding diaryl/α,β-unsaturated/α-hetero) is 1. The summed E-state index contributed by atoms with van der Waals surface area (Å²) in [7, 11) is 2.24. The van der Waals surface area contributed by atoms with Crippen molar-refractivity contribution < 1.29 is 43.1 Å². The Labute approximate surface area is 211 Å². The van der Waals surface area contributed by atoms with Gasteiger partial charge in [0.2, 0.25) is 0 Å². The number of amides is 2.